The topological polar surface area (TPSA) is 55.8 Å². The second-order valence-electron chi connectivity index (χ2n) is 11.9. The Kier molecular flexibility index (Phi) is 19.2. The van der Waals surface area contributed by atoms with Gasteiger partial charge in [0.05, 0.1) is 0 Å². The van der Waals surface area contributed by atoms with Crippen molar-refractivity contribution in [2.75, 3.05) is 0 Å². The minimum Gasteiger partial charge on any atom is -0.481 e. The molecular weight excluding hydrogens is 473 g/mol. The van der Waals surface area contributed by atoms with Gasteiger partial charge in [0.25, 0.3) is 0 Å². The molecule has 0 heterocycles. The van der Waals surface area contributed by atoms with Crippen molar-refractivity contribution in [3.05, 3.63) is 6.92 Å². The van der Waals surface area contributed by atoms with Gasteiger partial charge >= 0.3 is 14.5 Å². The number of unbranched alkanes of at least 4 members (excludes halogenated alkanes) is 14. The third kappa shape index (κ3) is 22.5. The van der Waals surface area contributed by atoms with E-state index in [9.17, 15) is 4.79 Å². The van der Waals surface area contributed by atoms with Crippen LogP contribution in [-0.4, -0.2) is 36.3 Å². The number of carboxylic acids is 1. The van der Waals surface area contributed by atoms with Gasteiger partial charge in [-0.15, -0.1) is 0 Å². The molecule has 0 rings (SSSR count). The van der Waals surface area contributed by atoms with E-state index in [4.69, 9.17) is 20.3 Å². The summed E-state index contributed by atoms with van der Waals surface area (Å²) in [4.78, 5) is 10.5. The minimum absolute atomic E-state index is 0.318. The van der Waals surface area contributed by atoms with Gasteiger partial charge in [-0.3, -0.25) is 4.79 Å². The molecule has 0 aromatic carbocycles. The van der Waals surface area contributed by atoms with E-state index in [1.165, 1.54) is 95.6 Å². The fraction of sp³-hybridized carbons (Fsp3) is 0.926. The summed E-state index contributed by atoms with van der Waals surface area (Å²) >= 11 is 0. The molecule has 1 N–H and O–H groups in total. The molecule has 0 fully saturated rings. The van der Waals surface area contributed by atoms with E-state index in [-0.39, 0.29) is 0 Å². The fourth-order valence-electron chi connectivity index (χ4n) is 4.92. The molecule has 0 aliphatic heterocycles. The first-order chi connectivity index (χ1) is 15.9. The van der Waals surface area contributed by atoms with Crippen molar-refractivity contribution < 1.29 is 18.1 Å². The highest BCUT2D eigenvalue weighted by atomic mass is 28.5. The van der Waals surface area contributed by atoms with Crippen LogP contribution in [0.3, 0.4) is 0 Å². The smallest absolute Gasteiger partial charge is 0.311 e. The lowest BCUT2D eigenvalue weighted by Crippen LogP contribution is -2.52. The van der Waals surface area contributed by atoms with Gasteiger partial charge in [0, 0.05) is 6.42 Å². The molecule has 2 radical (unpaired) electrons. The molecule has 202 valence electrons. The Morgan fingerprint density at radius 3 is 1.26 bits per heavy atom. The first-order valence-corrected chi connectivity index (χ1v) is 23.3. The van der Waals surface area contributed by atoms with Crippen LogP contribution in [0.5, 0.6) is 0 Å². The van der Waals surface area contributed by atoms with Crippen molar-refractivity contribution in [2.45, 2.75) is 161 Å². The summed E-state index contributed by atoms with van der Waals surface area (Å²) in [7, 11) is -5.48. The Morgan fingerprint density at radius 2 is 0.912 bits per heavy atom. The summed E-state index contributed by atoms with van der Waals surface area (Å²) in [6, 6.07) is 2.46. The van der Waals surface area contributed by atoms with E-state index < -0.39 is 31.2 Å². The molecule has 0 atom stereocenters. The zero-order valence-electron chi connectivity index (χ0n) is 23.7. The van der Waals surface area contributed by atoms with E-state index in [0.29, 0.717) is 6.42 Å². The van der Waals surface area contributed by atoms with E-state index in [0.717, 1.165) is 19.3 Å². The Balaban J connectivity index is 3.99. The summed E-state index contributed by atoms with van der Waals surface area (Å²) in [5.74, 6) is -0.670. The number of carboxylic acid groups (broad SMARTS) is 1. The molecule has 0 aliphatic carbocycles. The van der Waals surface area contributed by atoms with E-state index >= 15 is 0 Å². The van der Waals surface area contributed by atoms with E-state index in [2.05, 4.69) is 39.3 Å². The molecule has 0 amide bonds. The number of carbonyl (C=O) groups is 1. The lowest BCUT2D eigenvalue weighted by molar-refractivity contribution is -0.137. The predicted molar refractivity (Wildman–Crippen MR) is 155 cm³/mol. The summed E-state index contributed by atoms with van der Waals surface area (Å²) < 4.78 is 13.5. The largest absolute Gasteiger partial charge is 0.481 e. The molecule has 0 spiro atoms. The first-order valence-electron chi connectivity index (χ1n) is 14.2. The van der Waals surface area contributed by atoms with Gasteiger partial charge in [-0.1, -0.05) is 89.9 Å². The maximum Gasteiger partial charge on any atom is 0.311 e. The number of rotatable bonds is 24. The molecule has 0 aliphatic rings. The average molecular weight is 531 g/mol. The highest BCUT2D eigenvalue weighted by Gasteiger charge is 2.39. The van der Waals surface area contributed by atoms with Gasteiger partial charge in [0.15, 0.2) is 16.6 Å². The standard InChI is InChI=1S/C27H58O4Si3/c1-8-9-10-11-12-16-19-22-25-32(2,3)30-34(6,7)31-33(4,5)26-23-20-17-14-13-15-18-21-24-27(28)29/h1H,8-26H2,2-7H3,(H,28,29). The third-order valence-corrected chi connectivity index (χ3v) is 17.9. The Bertz CT molecular complexity index is 510. The minimum atomic E-state index is -2.10. The maximum atomic E-state index is 10.5. The monoisotopic (exact) mass is 530 g/mol. The lowest BCUT2D eigenvalue weighted by atomic mass is 10.1. The van der Waals surface area contributed by atoms with Crippen LogP contribution in [0.4, 0.5) is 0 Å². The first kappa shape index (κ1) is 34.0. The van der Waals surface area contributed by atoms with Crippen molar-refractivity contribution >= 4 is 31.2 Å². The fourth-order valence-corrected chi connectivity index (χ4v) is 19.1. The molecule has 34 heavy (non-hydrogen) atoms. The van der Waals surface area contributed by atoms with Crippen LogP contribution in [0.2, 0.25) is 51.4 Å². The average Bonchev–Trinajstić information content (AvgIpc) is 2.69. The van der Waals surface area contributed by atoms with Crippen molar-refractivity contribution in [2.24, 2.45) is 0 Å². The summed E-state index contributed by atoms with van der Waals surface area (Å²) in [6.07, 6.45) is 19.6. The number of hydrogen-bond donors (Lipinski definition) is 1. The van der Waals surface area contributed by atoms with Gasteiger partial charge in [-0.05, 0) is 71.1 Å². The Hall–Kier alpha value is 0.0406. The van der Waals surface area contributed by atoms with Crippen LogP contribution in [0.25, 0.3) is 0 Å². The summed E-state index contributed by atoms with van der Waals surface area (Å²) in [5.41, 5.74) is 0. The van der Waals surface area contributed by atoms with Crippen molar-refractivity contribution in [3.8, 4) is 0 Å². The van der Waals surface area contributed by atoms with Crippen molar-refractivity contribution in [1.82, 2.24) is 0 Å². The molecule has 0 unspecified atom stereocenters. The van der Waals surface area contributed by atoms with Crippen LogP contribution < -0.4 is 0 Å². The zero-order valence-corrected chi connectivity index (χ0v) is 26.7. The van der Waals surface area contributed by atoms with Gasteiger partial charge in [-0.2, -0.15) is 0 Å². The molecular formula is C27H58O4Si3. The number of aliphatic carboxylic acids is 1. The zero-order chi connectivity index (χ0) is 25.9. The molecule has 0 aromatic heterocycles. The second-order valence-corrected chi connectivity index (χ2v) is 24.3. The Labute approximate surface area is 216 Å². The van der Waals surface area contributed by atoms with Crippen LogP contribution in [0.15, 0.2) is 0 Å². The van der Waals surface area contributed by atoms with Crippen LogP contribution in [0, 0.1) is 6.92 Å². The highest BCUT2D eigenvalue weighted by molar-refractivity contribution is 6.87. The van der Waals surface area contributed by atoms with Gasteiger partial charge in [0.2, 0.25) is 0 Å². The molecule has 7 heteroatoms. The number of hydrogen-bond acceptors (Lipinski definition) is 3. The molecule has 0 aromatic rings. The lowest BCUT2D eigenvalue weighted by Gasteiger charge is -2.39. The third-order valence-electron chi connectivity index (χ3n) is 6.45. The predicted octanol–water partition coefficient (Wildman–Crippen LogP) is 9.56. The summed E-state index contributed by atoms with van der Waals surface area (Å²) in [5, 5.41) is 8.67. The van der Waals surface area contributed by atoms with Crippen LogP contribution in [0.1, 0.15) is 109 Å². The maximum absolute atomic E-state index is 10.5. The molecule has 4 nitrogen and oxygen atoms in total. The molecule has 0 saturated carbocycles. The molecule has 0 bridgehead atoms. The second kappa shape index (κ2) is 19.2. The van der Waals surface area contributed by atoms with Crippen molar-refractivity contribution in [1.29, 1.82) is 0 Å². The quantitative estimate of drug-likeness (QED) is 0.0996. The van der Waals surface area contributed by atoms with Gasteiger partial charge in [0.1, 0.15) is 0 Å². The summed E-state index contributed by atoms with van der Waals surface area (Å²) in [6.45, 7) is 19.6. The van der Waals surface area contributed by atoms with Crippen LogP contribution in [-0.2, 0) is 13.0 Å². The van der Waals surface area contributed by atoms with Crippen LogP contribution >= 0.6 is 0 Å². The SMILES string of the molecule is [CH]CCCCCCCCC[Si](C)(C)O[Si](C)(C)O[Si](C)(C)CCCCCCCCCCC(=O)O. The molecule has 0 saturated heterocycles. The van der Waals surface area contributed by atoms with Crippen molar-refractivity contribution in [3.63, 3.8) is 0 Å². The van der Waals surface area contributed by atoms with E-state index in [1.54, 1.807) is 0 Å². The van der Waals surface area contributed by atoms with Gasteiger partial charge in [-0.25, -0.2) is 0 Å². The highest BCUT2D eigenvalue weighted by Crippen LogP contribution is 2.27. The Morgan fingerprint density at radius 1 is 0.588 bits per heavy atom. The normalized spacial score (nSPS) is 12.9. The van der Waals surface area contributed by atoms with E-state index in [1.807, 2.05) is 0 Å². The van der Waals surface area contributed by atoms with Gasteiger partial charge < -0.3 is 13.3 Å².